The lowest BCUT2D eigenvalue weighted by Gasteiger charge is -2.28. The van der Waals surface area contributed by atoms with Gasteiger partial charge < -0.3 is 16.0 Å². The van der Waals surface area contributed by atoms with E-state index in [4.69, 9.17) is 5.73 Å². The van der Waals surface area contributed by atoms with Gasteiger partial charge in [-0.1, -0.05) is 12.1 Å². The van der Waals surface area contributed by atoms with Crippen molar-refractivity contribution in [1.82, 2.24) is 5.32 Å². The Kier molecular flexibility index (Phi) is 3.64. The molecule has 0 aromatic heterocycles. The van der Waals surface area contributed by atoms with Crippen LogP contribution in [0.25, 0.3) is 0 Å². The third kappa shape index (κ3) is 2.42. The van der Waals surface area contributed by atoms with Crippen molar-refractivity contribution in [3.05, 3.63) is 29.8 Å². The van der Waals surface area contributed by atoms with Gasteiger partial charge in [0.05, 0.1) is 5.56 Å². The van der Waals surface area contributed by atoms with E-state index in [1.54, 1.807) is 6.07 Å². The molecule has 0 radical (unpaired) electrons. The minimum atomic E-state index is -0.351. The van der Waals surface area contributed by atoms with Crippen LogP contribution in [0.5, 0.6) is 0 Å². The number of primary amides is 1. The predicted molar refractivity (Wildman–Crippen MR) is 69.3 cm³/mol. The Hall–Kier alpha value is -1.55. The van der Waals surface area contributed by atoms with Gasteiger partial charge in [-0.3, -0.25) is 4.79 Å². The fourth-order valence-corrected chi connectivity index (χ4v) is 2.53. The first-order valence-electron chi connectivity index (χ1n) is 6.04. The summed E-state index contributed by atoms with van der Waals surface area (Å²) in [7, 11) is 1.95. The number of benzene rings is 1. The molecule has 0 bridgehead atoms. The zero-order valence-electron chi connectivity index (χ0n) is 10.1. The molecule has 1 saturated heterocycles. The van der Waals surface area contributed by atoms with Crippen molar-refractivity contribution in [2.45, 2.75) is 18.9 Å². The molecule has 1 aromatic carbocycles. The summed E-state index contributed by atoms with van der Waals surface area (Å²) in [6.45, 7) is 1.93. The van der Waals surface area contributed by atoms with Crippen LogP contribution in [0, 0.1) is 0 Å². The SMILES string of the molecule is CNCC1CCCN1c1ccccc1C(N)=O. The standard InChI is InChI=1S/C13H19N3O/c1-15-9-10-5-4-8-16(10)12-7-3-2-6-11(12)13(14)17/h2-3,6-7,10,15H,4-5,8-9H2,1H3,(H2,14,17). The topological polar surface area (TPSA) is 58.4 Å². The van der Waals surface area contributed by atoms with E-state index < -0.39 is 0 Å². The predicted octanol–water partition coefficient (Wildman–Crippen LogP) is 0.974. The van der Waals surface area contributed by atoms with Crippen LogP contribution in [0.2, 0.25) is 0 Å². The summed E-state index contributed by atoms with van der Waals surface area (Å²) in [6, 6.07) is 8.05. The molecule has 1 aliphatic heterocycles. The lowest BCUT2D eigenvalue weighted by molar-refractivity contribution is 0.100. The van der Waals surface area contributed by atoms with Gasteiger partial charge in [0.1, 0.15) is 0 Å². The molecular formula is C13H19N3O. The maximum Gasteiger partial charge on any atom is 0.250 e. The van der Waals surface area contributed by atoms with Gasteiger partial charge in [-0.2, -0.15) is 0 Å². The van der Waals surface area contributed by atoms with E-state index in [0.717, 1.165) is 25.2 Å². The molecule has 92 valence electrons. The first-order valence-corrected chi connectivity index (χ1v) is 6.04. The molecule has 1 aliphatic rings. The molecule has 3 N–H and O–H groups in total. The van der Waals surface area contributed by atoms with E-state index >= 15 is 0 Å². The van der Waals surface area contributed by atoms with Crippen LogP contribution in [0.15, 0.2) is 24.3 Å². The second-order valence-electron chi connectivity index (χ2n) is 4.43. The van der Waals surface area contributed by atoms with Crippen molar-refractivity contribution in [1.29, 1.82) is 0 Å². The molecule has 1 amide bonds. The zero-order chi connectivity index (χ0) is 12.3. The number of carbonyl (C=O) groups is 1. The lowest BCUT2D eigenvalue weighted by atomic mass is 10.1. The van der Waals surface area contributed by atoms with Crippen molar-refractivity contribution in [2.75, 3.05) is 25.0 Å². The van der Waals surface area contributed by atoms with Crippen molar-refractivity contribution >= 4 is 11.6 Å². The molecule has 2 rings (SSSR count). The zero-order valence-corrected chi connectivity index (χ0v) is 10.1. The van der Waals surface area contributed by atoms with E-state index in [1.165, 1.54) is 6.42 Å². The maximum atomic E-state index is 11.4. The van der Waals surface area contributed by atoms with Gasteiger partial charge in [-0.15, -0.1) is 0 Å². The summed E-state index contributed by atoms with van der Waals surface area (Å²) in [4.78, 5) is 13.7. The molecular weight excluding hydrogens is 214 g/mol. The summed E-state index contributed by atoms with van der Waals surface area (Å²) in [6.07, 6.45) is 2.33. The largest absolute Gasteiger partial charge is 0.367 e. The van der Waals surface area contributed by atoms with Gasteiger partial charge in [0.25, 0.3) is 5.91 Å². The van der Waals surface area contributed by atoms with E-state index in [2.05, 4.69) is 10.2 Å². The highest BCUT2D eigenvalue weighted by Crippen LogP contribution is 2.28. The average Bonchev–Trinajstić information content (AvgIpc) is 2.77. The Labute approximate surface area is 102 Å². The second kappa shape index (κ2) is 5.19. The number of amides is 1. The fourth-order valence-electron chi connectivity index (χ4n) is 2.53. The first-order chi connectivity index (χ1) is 8.24. The van der Waals surface area contributed by atoms with Crippen LogP contribution < -0.4 is 16.0 Å². The molecule has 4 nitrogen and oxygen atoms in total. The van der Waals surface area contributed by atoms with Gasteiger partial charge in [0, 0.05) is 24.8 Å². The van der Waals surface area contributed by atoms with Crippen LogP contribution in [0.4, 0.5) is 5.69 Å². The number of hydrogen-bond acceptors (Lipinski definition) is 3. The van der Waals surface area contributed by atoms with Gasteiger partial charge >= 0.3 is 0 Å². The quantitative estimate of drug-likeness (QED) is 0.815. The summed E-state index contributed by atoms with van der Waals surface area (Å²) in [5, 5.41) is 3.20. The smallest absolute Gasteiger partial charge is 0.250 e. The van der Waals surface area contributed by atoms with Crippen LogP contribution in [-0.4, -0.2) is 32.1 Å². The molecule has 1 heterocycles. The maximum absolute atomic E-state index is 11.4. The highest BCUT2D eigenvalue weighted by Gasteiger charge is 2.26. The highest BCUT2D eigenvalue weighted by atomic mass is 16.1. The number of nitrogens with two attached hydrogens (primary N) is 1. The number of likely N-dealkylation sites (N-methyl/N-ethyl adjacent to an activating group) is 1. The summed E-state index contributed by atoms with van der Waals surface area (Å²) in [5.74, 6) is -0.351. The summed E-state index contributed by atoms with van der Waals surface area (Å²) >= 11 is 0. The molecule has 17 heavy (non-hydrogen) atoms. The summed E-state index contributed by atoms with van der Waals surface area (Å²) < 4.78 is 0. The minimum absolute atomic E-state index is 0.351. The third-order valence-electron chi connectivity index (χ3n) is 3.30. The van der Waals surface area contributed by atoms with Crippen LogP contribution in [0.1, 0.15) is 23.2 Å². The molecule has 0 aliphatic carbocycles. The molecule has 0 saturated carbocycles. The van der Waals surface area contributed by atoms with Crippen LogP contribution in [0.3, 0.4) is 0 Å². The van der Waals surface area contributed by atoms with Crippen molar-refractivity contribution in [2.24, 2.45) is 5.73 Å². The first kappa shape index (κ1) is 11.9. The molecule has 1 aromatic rings. The molecule has 1 unspecified atom stereocenters. The molecule has 1 atom stereocenters. The number of carbonyl (C=O) groups excluding carboxylic acids is 1. The second-order valence-corrected chi connectivity index (χ2v) is 4.43. The molecule has 1 fully saturated rings. The number of nitrogens with one attached hydrogen (secondary N) is 1. The number of nitrogens with zero attached hydrogens (tertiary/aromatic N) is 1. The third-order valence-corrected chi connectivity index (χ3v) is 3.30. The van der Waals surface area contributed by atoms with E-state index in [0.29, 0.717) is 11.6 Å². The number of hydrogen-bond donors (Lipinski definition) is 2. The van der Waals surface area contributed by atoms with Crippen LogP contribution in [-0.2, 0) is 0 Å². The Morgan fingerprint density at radius 3 is 3.00 bits per heavy atom. The van der Waals surface area contributed by atoms with Crippen molar-refractivity contribution in [3.8, 4) is 0 Å². The normalized spacial score (nSPS) is 19.6. The van der Waals surface area contributed by atoms with Crippen LogP contribution >= 0.6 is 0 Å². The Morgan fingerprint density at radius 2 is 2.29 bits per heavy atom. The highest BCUT2D eigenvalue weighted by molar-refractivity contribution is 5.98. The Morgan fingerprint density at radius 1 is 1.53 bits per heavy atom. The van der Waals surface area contributed by atoms with E-state index in [-0.39, 0.29) is 5.91 Å². The number of rotatable bonds is 4. The van der Waals surface area contributed by atoms with Crippen molar-refractivity contribution in [3.63, 3.8) is 0 Å². The molecule has 0 spiro atoms. The monoisotopic (exact) mass is 233 g/mol. The van der Waals surface area contributed by atoms with Gasteiger partial charge in [-0.25, -0.2) is 0 Å². The van der Waals surface area contributed by atoms with Gasteiger partial charge in [-0.05, 0) is 32.0 Å². The summed E-state index contributed by atoms with van der Waals surface area (Å²) in [5.41, 5.74) is 7.01. The fraction of sp³-hybridized carbons (Fsp3) is 0.462. The van der Waals surface area contributed by atoms with Gasteiger partial charge in [0.2, 0.25) is 0 Å². The number of para-hydroxylation sites is 1. The van der Waals surface area contributed by atoms with Gasteiger partial charge in [0.15, 0.2) is 0 Å². The minimum Gasteiger partial charge on any atom is -0.367 e. The van der Waals surface area contributed by atoms with E-state index in [9.17, 15) is 4.79 Å². The van der Waals surface area contributed by atoms with E-state index in [1.807, 2.05) is 25.2 Å². The number of anilines is 1. The lowest BCUT2D eigenvalue weighted by Crippen LogP contribution is -2.37. The van der Waals surface area contributed by atoms with Crippen molar-refractivity contribution < 1.29 is 4.79 Å². The average molecular weight is 233 g/mol. The Bertz CT molecular complexity index is 405. The Balaban J connectivity index is 2.29. The molecule has 4 heteroatoms.